The second-order valence-electron chi connectivity index (χ2n) is 6.47. The first-order chi connectivity index (χ1) is 12.8. The lowest BCUT2D eigenvalue weighted by atomic mass is 10.1. The average Bonchev–Trinajstić information content (AvgIpc) is 2.61. The minimum atomic E-state index is -0.268. The summed E-state index contributed by atoms with van der Waals surface area (Å²) in [6, 6.07) is 9.13. The van der Waals surface area contributed by atoms with E-state index in [0.717, 1.165) is 22.4 Å². The van der Waals surface area contributed by atoms with Gasteiger partial charge in [-0.2, -0.15) is 0 Å². The van der Waals surface area contributed by atoms with Crippen LogP contribution in [0.15, 0.2) is 30.3 Å². The zero-order chi connectivity index (χ0) is 20.1. The number of amides is 2. The van der Waals surface area contributed by atoms with Crippen LogP contribution in [0.4, 0.5) is 11.4 Å². The highest BCUT2D eigenvalue weighted by Gasteiger charge is 2.19. The fourth-order valence-corrected chi connectivity index (χ4v) is 3.08. The van der Waals surface area contributed by atoms with Crippen LogP contribution in [0, 0.1) is 20.8 Å². The molecular formula is C21H26N2O4. The number of carbonyl (C=O) groups is 2. The van der Waals surface area contributed by atoms with Crippen LogP contribution >= 0.6 is 0 Å². The van der Waals surface area contributed by atoms with Crippen molar-refractivity contribution < 1.29 is 19.1 Å². The average molecular weight is 370 g/mol. The molecule has 0 radical (unpaired) electrons. The molecule has 0 fully saturated rings. The molecule has 0 aliphatic heterocycles. The fourth-order valence-electron chi connectivity index (χ4n) is 3.08. The SMILES string of the molecule is COc1ccc(N(CC(=O)Nc2c(C)cc(C)cc2C)C(C)=O)cc1OC. The summed E-state index contributed by atoms with van der Waals surface area (Å²) in [5.41, 5.74) is 4.45. The van der Waals surface area contributed by atoms with E-state index in [2.05, 4.69) is 5.32 Å². The number of methoxy groups -OCH3 is 2. The normalized spacial score (nSPS) is 10.3. The Morgan fingerprint density at radius 2 is 1.56 bits per heavy atom. The van der Waals surface area contributed by atoms with Gasteiger partial charge < -0.3 is 19.7 Å². The zero-order valence-corrected chi connectivity index (χ0v) is 16.7. The third kappa shape index (κ3) is 4.78. The number of nitrogens with zero attached hydrogens (tertiary/aromatic N) is 1. The zero-order valence-electron chi connectivity index (χ0n) is 16.7. The van der Waals surface area contributed by atoms with E-state index in [-0.39, 0.29) is 18.4 Å². The van der Waals surface area contributed by atoms with Gasteiger partial charge in [-0.05, 0) is 44.0 Å². The molecular weight excluding hydrogens is 344 g/mol. The second-order valence-corrected chi connectivity index (χ2v) is 6.47. The van der Waals surface area contributed by atoms with E-state index in [1.165, 1.54) is 18.9 Å². The molecule has 0 spiro atoms. The standard InChI is InChI=1S/C21H26N2O4/c1-13-9-14(2)21(15(3)10-13)22-20(25)12-23(16(4)24)17-7-8-18(26-5)19(11-17)27-6/h7-11H,12H2,1-6H3,(H,22,25). The lowest BCUT2D eigenvalue weighted by molar-refractivity contribution is -0.120. The molecule has 6 nitrogen and oxygen atoms in total. The smallest absolute Gasteiger partial charge is 0.244 e. The Labute approximate surface area is 160 Å². The molecule has 2 rings (SSSR count). The van der Waals surface area contributed by atoms with Crippen LogP contribution in [-0.2, 0) is 9.59 Å². The van der Waals surface area contributed by atoms with Gasteiger partial charge in [-0.1, -0.05) is 17.7 Å². The van der Waals surface area contributed by atoms with Crippen molar-refractivity contribution in [1.82, 2.24) is 0 Å². The third-order valence-corrected chi connectivity index (χ3v) is 4.30. The first-order valence-electron chi connectivity index (χ1n) is 8.64. The summed E-state index contributed by atoms with van der Waals surface area (Å²) in [7, 11) is 3.06. The van der Waals surface area contributed by atoms with Crippen LogP contribution in [-0.4, -0.2) is 32.6 Å². The maximum absolute atomic E-state index is 12.6. The number of benzene rings is 2. The lowest BCUT2D eigenvalue weighted by Gasteiger charge is -2.22. The van der Waals surface area contributed by atoms with Crippen LogP contribution in [0.1, 0.15) is 23.6 Å². The van der Waals surface area contributed by atoms with E-state index < -0.39 is 0 Å². The first-order valence-corrected chi connectivity index (χ1v) is 8.64. The van der Waals surface area contributed by atoms with E-state index in [0.29, 0.717) is 17.2 Å². The minimum absolute atomic E-state index is 0.0996. The van der Waals surface area contributed by atoms with Crippen LogP contribution < -0.4 is 19.7 Å². The predicted octanol–water partition coefficient (Wildman–Crippen LogP) is 3.62. The van der Waals surface area contributed by atoms with Crippen molar-refractivity contribution in [2.45, 2.75) is 27.7 Å². The van der Waals surface area contributed by atoms with Gasteiger partial charge >= 0.3 is 0 Å². The molecule has 27 heavy (non-hydrogen) atoms. The number of ether oxygens (including phenoxy) is 2. The molecule has 0 aliphatic rings. The molecule has 1 N–H and O–H groups in total. The summed E-state index contributed by atoms with van der Waals surface area (Å²) < 4.78 is 10.5. The monoisotopic (exact) mass is 370 g/mol. The van der Waals surface area contributed by atoms with Crippen molar-refractivity contribution in [3.63, 3.8) is 0 Å². The van der Waals surface area contributed by atoms with E-state index in [1.807, 2.05) is 32.9 Å². The molecule has 144 valence electrons. The van der Waals surface area contributed by atoms with Crippen molar-refractivity contribution >= 4 is 23.2 Å². The summed E-state index contributed by atoms with van der Waals surface area (Å²) >= 11 is 0. The van der Waals surface area contributed by atoms with Gasteiger partial charge in [0.25, 0.3) is 0 Å². The van der Waals surface area contributed by atoms with E-state index in [9.17, 15) is 9.59 Å². The van der Waals surface area contributed by atoms with Gasteiger partial charge in [-0.25, -0.2) is 0 Å². The summed E-state index contributed by atoms with van der Waals surface area (Å²) in [5.74, 6) is 0.539. The molecule has 0 bridgehead atoms. The molecule has 0 unspecified atom stereocenters. The van der Waals surface area contributed by atoms with Gasteiger partial charge in [0.05, 0.1) is 14.2 Å². The Bertz CT molecular complexity index is 838. The first kappa shape index (κ1) is 20.3. The summed E-state index contributed by atoms with van der Waals surface area (Å²) in [6.45, 7) is 7.24. The Balaban J connectivity index is 2.24. The third-order valence-electron chi connectivity index (χ3n) is 4.30. The molecule has 0 aromatic heterocycles. The van der Waals surface area contributed by atoms with Crippen molar-refractivity contribution in [2.24, 2.45) is 0 Å². The number of rotatable bonds is 6. The number of nitrogens with one attached hydrogen (secondary N) is 1. The van der Waals surface area contributed by atoms with E-state index in [1.54, 1.807) is 25.3 Å². The largest absolute Gasteiger partial charge is 0.493 e. The lowest BCUT2D eigenvalue weighted by Crippen LogP contribution is -2.36. The molecule has 0 saturated carbocycles. The Hall–Kier alpha value is -3.02. The van der Waals surface area contributed by atoms with Crippen molar-refractivity contribution in [3.05, 3.63) is 47.0 Å². The van der Waals surface area contributed by atoms with Crippen LogP contribution in [0.5, 0.6) is 11.5 Å². The van der Waals surface area contributed by atoms with Gasteiger partial charge in [0.2, 0.25) is 11.8 Å². The Kier molecular flexibility index (Phi) is 6.45. The number of hydrogen-bond donors (Lipinski definition) is 1. The number of hydrogen-bond acceptors (Lipinski definition) is 4. The summed E-state index contributed by atoms with van der Waals surface area (Å²) in [6.07, 6.45) is 0. The molecule has 0 atom stereocenters. The topological polar surface area (TPSA) is 67.9 Å². The van der Waals surface area contributed by atoms with Gasteiger partial charge in [-0.15, -0.1) is 0 Å². The van der Waals surface area contributed by atoms with Crippen LogP contribution in [0.2, 0.25) is 0 Å². The van der Waals surface area contributed by atoms with Crippen molar-refractivity contribution in [3.8, 4) is 11.5 Å². The number of anilines is 2. The van der Waals surface area contributed by atoms with Gasteiger partial charge in [0, 0.05) is 24.4 Å². The highest BCUT2D eigenvalue weighted by Crippen LogP contribution is 2.31. The van der Waals surface area contributed by atoms with E-state index >= 15 is 0 Å². The minimum Gasteiger partial charge on any atom is -0.493 e. The number of carbonyl (C=O) groups excluding carboxylic acids is 2. The molecule has 6 heteroatoms. The van der Waals surface area contributed by atoms with Crippen LogP contribution in [0.3, 0.4) is 0 Å². The van der Waals surface area contributed by atoms with Crippen LogP contribution in [0.25, 0.3) is 0 Å². The Morgan fingerprint density at radius 1 is 0.963 bits per heavy atom. The summed E-state index contributed by atoms with van der Waals surface area (Å²) in [5, 5.41) is 2.92. The van der Waals surface area contributed by atoms with E-state index in [4.69, 9.17) is 9.47 Å². The maximum atomic E-state index is 12.6. The van der Waals surface area contributed by atoms with Gasteiger partial charge in [-0.3, -0.25) is 9.59 Å². The quantitative estimate of drug-likeness (QED) is 0.843. The highest BCUT2D eigenvalue weighted by molar-refractivity contribution is 6.02. The fraction of sp³-hybridized carbons (Fsp3) is 0.333. The highest BCUT2D eigenvalue weighted by atomic mass is 16.5. The van der Waals surface area contributed by atoms with Crippen molar-refractivity contribution in [1.29, 1.82) is 0 Å². The molecule has 0 heterocycles. The van der Waals surface area contributed by atoms with Crippen molar-refractivity contribution in [2.75, 3.05) is 31.0 Å². The molecule has 2 amide bonds. The van der Waals surface area contributed by atoms with Gasteiger partial charge in [0.15, 0.2) is 11.5 Å². The molecule has 2 aromatic rings. The van der Waals surface area contributed by atoms with Gasteiger partial charge in [0.1, 0.15) is 6.54 Å². The molecule has 2 aromatic carbocycles. The predicted molar refractivity (Wildman–Crippen MR) is 107 cm³/mol. The number of aryl methyl sites for hydroxylation is 3. The molecule has 0 aliphatic carbocycles. The maximum Gasteiger partial charge on any atom is 0.244 e. The molecule has 0 saturated heterocycles. The summed E-state index contributed by atoms with van der Waals surface area (Å²) in [4.78, 5) is 26.1. The Morgan fingerprint density at radius 3 is 2.07 bits per heavy atom. The second kappa shape index (κ2) is 8.58.